The van der Waals surface area contributed by atoms with Gasteiger partial charge in [0.1, 0.15) is 6.61 Å². The number of anilines is 1. The van der Waals surface area contributed by atoms with Crippen LogP contribution in [0, 0.1) is 6.92 Å². The normalized spacial score (nSPS) is 11.1. The van der Waals surface area contributed by atoms with Gasteiger partial charge in [-0.15, -0.1) is 11.3 Å². The van der Waals surface area contributed by atoms with Gasteiger partial charge in [0.15, 0.2) is 11.5 Å². The average molecular weight is 418 g/mol. The lowest BCUT2D eigenvalue weighted by molar-refractivity contribution is 0.270. The van der Waals surface area contributed by atoms with Crippen LogP contribution >= 0.6 is 11.3 Å². The van der Waals surface area contributed by atoms with E-state index in [4.69, 9.17) is 9.47 Å². The molecule has 1 heterocycles. The van der Waals surface area contributed by atoms with Gasteiger partial charge >= 0.3 is 0 Å². The van der Waals surface area contributed by atoms with Crippen molar-refractivity contribution in [2.45, 2.75) is 20.5 Å². The van der Waals surface area contributed by atoms with Crippen LogP contribution < -0.4 is 14.9 Å². The van der Waals surface area contributed by atoms with E-state index >= 15 is 0 Å². The first-order valence-corrected chi connectivity index (χ1v) is 10.7. The zero-order chi connectivity index (χ0) is 20.8. The molecule has 0 spiro atoms. The van der Waals surface area contributed by atoms with E-state index < -0.39 is 0 Å². The van der Waals surface area contributed by atoms with Gasteiger partial charge in [0.25, 0.3) is 0 Å². The van der Waals surface area contributed by atoms with Crippen molar-refractivity contribution in [2.75, 3.05) is 12.0 Å². The minimum atomic E-state index is 0.472. The highest BCUT2D eigenvalue weighted by atomic mass is 32.1. The molecule has 0 aliphatic heterocycles. The van der Waals surface area contributed by atoms with Gasteiger partial charge in [-0.3, -0.25) is 5.43 Å². The Labute approximate surface area is 180 Å². The average Bonchev–Trinajstić information content (AvgIpc) is 3.18. The molecule has 3 aromatic carbocycles. The van der Waals surface area contributed by atoms with Gasteiger partial charge in [-0.2, -0.15) is 5.10 Å². The van der Waals surface area contributed by atoms with Crippen LogP contribution in [0.5, 0.6) is 11.5 Å². The second-order valence-electron chi connectivity index (χ2n) is 6.73. The molecule has 0 atom stereocenters. The lowest BCUT2D eigenvalue weighted by Crippen LogP contribution is -2.01. The first-order valence-electron chi connectivity index (χ1n) is 9.80. The number of thiazole rings is 1. The Morgan fingerprint density at radius 1 is 1.03 bits per heavy atom. The summed E-state index contributed by atoms with van der Waals surface area (Å²) in [5.74, 6) is 1.41. The molecule has 5 nitrogen and oxygen atoms in total. The first kappa shape index (κ1) is 19.9. The third-order valence-electron chi connectivity index (χ3n) is 4.52. The highest BCUT2D eigenvalue weighted by molar-refractivity contribution is 7.13. The highest BCUT2D eigenvalue weighted by Crippen LogP contribution is 2.30. The number of aryl methyl sites for hydroxylation is 1. The Hall–Kier alpha value is -3.38. The van der Waals surface area contributed by atoms with Crippen molar-refractivity contribution in [2.24, 2.45) is 5.10 Å². The van der Waals surface area contributed by atoms with Gasteiger partial charge in [-0.05, 0) is 53.9 Å². The van der Waals surface area contributed by atoms with E-state index in [-0.39, 0.29) is 0 Å². The molecule has 0 aliphatic rings. The van der Waals surface area contributed by atoms with E-state index in [0.717, 1.165) is 22.0 Å². The van der Waals surface area contributed by atoms with Crippen molar-refractivity contribution in [3.8, 4) is 11.5 Å². The fourth-order valence-corrected chi connectivity index (χ4v) is 3.77. The molecule has 0 amide bonds. The van der Waals surface area contributed by atoms with Gasteiger partial charge in [-0.1, -0.05) is 42.5 Å². The molecule has 0 fully saturated rings. The van der Waals surface area contributed by atoms with E-state index in [1.54, 1.807) is 6.21 Å². The third kappa shape index (κ3) is 4.78. The van der Waals surface area contributed by atoms with Crippen molar-refractivity contribution in [1.29, 1.82) is 0 Å². The maximum atomic E-state index is 6.12. The molecule has 0 bridgehead atoms. The number of nitrogens with one attached hydrogen (secondary N) is 1. The molecule has 1 aromatic heterocycles. The fourth-order valence-electron chi connectivity index (χ4n) is 3.13. The molecular weight excluding hydrogens is 394 g/mol. The van der Waals surface area contributed by atoms with Gasteiger partial charge in [0.05, 0.1) is 18.5 Å². The molecule has 152 valence electrons. The number of aromatic nitrogens is 1. The van der Waals surface area contributed by atoms with Crippen molar-refractivity contribution in [1.82, 2.24) is 4.98 Å². The maximum absolute atomic E-state index is 6.12. The van der Waals surface area contributed by atoms with Gasteiger partial charge in [-0.25, -0.2) is 4.98 Å². The second-order valence-corrected chi connectivity index (χ2v) is 7.59. The van der Waals surface area contributed by atoms with Crippen molar-refractivity contribution in [3.05, 3.63) is 82.9 Å². The summed E-state index contributed by atoms with van der Waals surface area (Å²) >= 11 is 1.52. The fraction of sp³-hybridized carbons (Fsp3) is 0.167. The number of rotatable bonds is 8. The quantitative estimate of drug-likeness (QED) is 0.281. The van der Waals surface area contributed by atoms with E-state index in [1.807, 2.05) is 49.6 Å². The van der Waals surface area contributed by atoms with Crippen LogP contribution in [0.25, 0.3) is 10.8 Å². The molecule has 4 aromatic rings. The Kier molecular flexibility index (Phi) is 6.25. The SMILES string of the molecule is CCOc1cc(C=NNc2nc(C)cs2)ccc1OCc1cccc2ccccc12. The number of fused-ring (bicyclic) bond motifs is 1. The third-order valence-corrected chi connectivity index (χ3v) is 5.39. The summed E-state index contributed by atoms with van der Waals surface area (Å²) in [5, 5.41) is 9.41. The van der Waals surface area contributed by atoms with Crippen LogP contribution in [0.4, 0.5) is 5.13 Å². The topological polar surface area (TPSA) is 55.7 Å². The van der Waals surface area contributed by atoms with E-state index in [9.17, 15) is 0 Å². The molecule has 30 heavy (non-hydrogen) atoms. The van der Waals surface area contributed by atoms with E-state index in [2.05, 4.69) is 45.8 Å². The Morgan fingerprint density at radius 3 is 2.73 bits per heavy atom. The number of benzene rings is 3. The van der Waals surface area contributed by atoms with Crippen LogP contribution in [-0.2, 0) is 6.61 Å². The molecule has 1 N–H and O–H groups in total. The summed E-state index contributed by atoms with van der Waals surface area (Å²) in [4.78, 5) is 4.33. The largest absolute Gasteiger partial charge is 0.490 e. The highest BCUT2D eigenvalue weighted by Gasteiger charge is 2.08. The number of hydrazone groups is 1. The summed E-state index contributed by atoms with van der Waals surface area (Å²) < 4.78 is 11.9. The summed E-state index contributed by atoms with van der Waals surface area (Å²) in [5.41, 5.74) is 5.98. The lowest BCUT2D eigenvalue weighted by Gasteiger charge is -2.13. The second kappa shape index (κ2) is 9.41. The molecule has 0 saturated heterocycles. The van der Waals surface area contributed by atoms with Crippen LogP contribution in [-0.4, -0.2) is 17.8 Å². The van der Waals surface area contributed by atoms with Crippen LogP contribution in [0.3, 0.4) is 0 Å². The predicted molar refractivity (Wildman–Crippen MR) is 124 cm³/mol. The Morgan fingerprint density at radius 2 is 1.90 bits per heavy atom. The summed E-state index contributed by atoms with van der Waals surface area (Å²) in [6.45, 7) is 4.94. The monoisotopic (exact) mass is 417 g/mol. The summed E-state index contributed by atoms with van der Waals surface area (Å²) in [6, 6.07) is 20.4. The molecule has 0 saturated carbocycles. The van der Waals surface area contributed by atoms with Crippen molar-refractivity contribution >= 4 is 33.5 Å². The number of ether oxygens (including phenoxy) is 2. The molecule has 0 unspecified atom stereocenters. The Bertz CT molecular complexity index is 1160. The molecule has 0 aliphatic carbocycles. The first-order chi connectivity index (χ1) is 14.7. The number of hydrogen-bond donors (Lipinski definition) is 1. The van der Waals surface area contributed by atoms with E-state index in [1.165, 1.54) is 22.1 Å². The summed E-state index contributed by atoms with van der Waals surface area (Å²) in [6.07, 6.45) is 1.74. The summed E-state index contributed by atoms with van der Waals surface area (Å²) in [7, 11) is 0. The molecule has 0 radical (unpaired) electrons. The predicted octanol–water partition coefficient (Wildman–Crippen LogP) is 6.03. The minimum Gasteiger partial charge on any atom is -0.490 e. The van der Waals surface area contributed by atoms with Crippen molar-refractivity contribution < 1.29 is 9.47 Å². The minimum absolute atomic E-state index is 0.472. The van der Waals surface area contributed by atoms with Crippen LogP contribution in [0.1, 0.15) is 23.7 Å². The van der Waals surface area contributed by atoms with Gasteiger partial charge in [0, 0.05) is 5.38 Å². The zero-order valence-electron chi connectivity index (χ0n) is 17.0. The zero-order valence-corrected chi connectivity index (χ0v) is 17.8. The smallest absolute Gasteiger partial charge is 0.203 e. The van der Waals surface area contributed by atoms with Crippen LogP contribution in [0.2, 0.25) is 0 Å². The van der Waals surface area contributed by atoms with Crippen LogP contribution in [0.15, 0.2) is 71.1 Å². The van der Waals surface area contributed by atoms with E-state index in [0.29, 0.717) is 24.7 Å². The van der Waals surface area contributed by atoms with Crippen molar-refractivity contribution in [3.63, 3.8) is 0 Å². The van der Waals surface area contributed by atoms with Gasteiger partial charge in [0.2, 0.25) is 5.13 Å². The molecule has 4 rings (SSSR count). The standard InChI is InChI=1S/C24H23N3O2S/c1-3-28-23-13-18(14-25-27-24-26-17(2)16-30-24)11-12-22(23)29-15-20-9-6-8-19-7-4-5-10-21(19)20/h4-14,16H,3,15H2,1-2H3,(H,26,27). The lowest BCUT2D eigenvalue weighted by atomic mass is 10.1. The van der Waals surface area contributed by atoms with Gasteiger partial charge < -0.3 is 9.47 Å². The maximum Gasteiger partial charge on any atom is 0.203 e. The molecule has 6 heteroatoms. The number of hydrogen-bond acceptors (Lipinski definition) is 6. The Balaban J connectivity index is 1.48. The number of nitrogens with zero attached hydrogens (tertiary/aromatic N) is 2. The molecular formula is C24H23N3O2S.